The van der Waals surface area contributed by atoms with Crippen molar-refractivity contribution in [2.75, 3.05) is 33.8 Å². The van der Waals surface area contributed by atoms with E-state index >= 15 is 0 Å². The summed E-state index contributed by atoms with van der Waals surface area (Å²) in [5.74, 6) is 1.72. The van der Waals surface area contributed by atoms with E-state index in [4.69, 9.17) is 18.9 Å². The van der Waals surface area contributed by atoms with Crippen LogP contribution in [0.25, 0.3) is 27.8 Å². The smallest absolute Gasteiger partial charge is 0.283 e. The van der Waals surface area contributed by atoms with E-state index < -0.39 is 6.04 Å². The largest absolute Gasteiger partial charge is 0.495 e. The molecule has 0 bridgehead atoms. The Morgan fingerprint density at radius 2 is 1.68 bits per heavy atom. The molecular formula is C29H31N6O5+. The van der Waals surface area contributed by atoms with Crippen molar-refractivity contribution in [1.82, 2.24) is 20.0 Å². The molecule has 5 rings (SSSR count). The molecule has 40 heavy (non-hydrogen) atoms. The van der Waals surface area contributed by atoms with E-state index in [0.717, 1.165) is 22.2 Å². The molecule has 206 valence electrons. The van der Waals surface area contributed by atoms with Gasteiger partial charge in [0.25, 0.3) is 5.91 Å². The van der Waals surface area contributed by atoms with Gasteiger partial charge >= 0.3 is 0 Å². The van der Waals surface area contributed by atoms with Crippen LogP contribution in [-0.2, 0) is 11.2 Å². The third-order valence-electron chi connectivity index (χ3n) is 6.62. The van der Waals surface area contributed by atoms with E-state index in [1.807, 2.05) is 42.5 Å². The number of carbonyl (C=O) groups is 1. The fraction of sp³-hybridized carbons (Fsp3) is 0.207. The number of methoxy groups -OCH3 is 4. The molecule has 1 amide bonds. The third kappa shape index (κ3) is 5.14. The number of hydrogen-bond donors (Lipinski definition) is 3. The Labute approximate surface area is 230 Å². The summed E-state index contributed by atoms with van der Waals surface area (Å²) < 4.78 is 23.6. The van der Waals surface area contributed by atoms with Crippen molar-refractivity contribution in [3.05, 3.63) is 72.6 Å². The number of ether oxygens (including phenoxy) is 4. The van der Waals surface area contributed by atoms with E-state index in [2.05, 4.69) is 26.3 Å². The van der Waals surface area contributed by atoms with Gasteiger partial charge < -0.3 is 35.0 Å². The normalized spacial score (nSPS) is 11.7. The molecule has 11 nitrogen and oxygen atoms in total. The molecule has 0 spiro atoms. The first-order chi connectivity index (χ1) is 19.4. The third-order valence-corrected chi connectivity index (χ3v) is 6.62. The first-order valence-electron chi connectivity index (χ1n) is 12.6. The summed E-state index contributed by atoms with van der Waals surface area (Å²) in [5, 5.41) is 12.5. The van der Waals surface area contributed by atoms with Gasteiger partial charge in [0, 0.05) is 35.3 Å². The van der Waals surface area contributed by atoms with Crippen molar-refractivity contribution in [2.24, 2.45) is 0 Å². The molecular weight excluding hydrogens is 512 g/mol. The highest BCUT2D eigenvalue weighted by Gasteiger charge is 2.22. The van der Waals surface area contributed by atoms with Crippen molar-refractivity contribution >= 4 is 22.5 Å². The molecule has 11 heteroatoms. The van der Waals surface area contributed by atoms with E-state index in [-0.39, 0.29) is 5.91 Å². The number of fused-ring (bicyclic) bond motifs is 1. The molecule has 0 aliphatic heterocycles. The van der Waals surface area contributed by atoms with E-state index in [1.165, 1.54) is 0 Å². The monoisotopic (exact) mass is 543 g/mol. The van der Waals surface area contributed by atoms with Crippen LogP contribution in [0.5, 0.6) is 23.0 Å². The average Bonchev–Trinajstić information content (AvgIpc) is 3.63. The van der Waals surface area contributed by atoms with Crippen LogP contribution in [0.2, 0.25) is 0 Å². The van der Waals surface area contributed by atoms with Crippen molar-refractivity contribution in [2.45, 2.75) is 12.5 Å². The summed E-state index contributed by atoms with van der Waals surface area (Å²) in [6.45, 7) is 0. The van der Waals surface area contributed by atoms with E-state index in [1.54, 1.807) is 57.5 Å². The number of rotatable bonds is 10. The number of H-pyrrole nitrogens is 1. The lowest BCUT2D eigenvalue weighted by Crippen LogP contribution is -2.67. The van der Waals surface area contributed by atoms with Gasteiger partial charge in [-0.15, -0.1) is 5.10 Å². The minimum absolute atomic E-state index is 0.231. The van der Waals surface area contributed by atoms with Crippen molar-refractivity contribution < 1.29 is 29.5 Å². The predicted octanol–water partition coefficient (Wildman–Crippen LogP) is 3.24. The van der Waals surface area contributed by atoms with Gasteiger partial charge in [-0.1, -0.05) is 23.4 Å². The van der Waals surface area contributed by atoms with Gasteiger partial charge in [-0.2, -0.15) is 0 Å². The summed E-state index contributed by atoms with van der Waals surface area (Å²) >= 11 is 0. The molecule has 0 radical (unpaired) electrons. The second-order valence-electron chi connectivity index (χ2n) is 9.10. The lowest BCUT2D eigenvalue weighted by Gasteiger charge is -2.16. The summed E-state index contributed by atoms with van der Waals surface area (Å²) in [6, 6.07) is 18.5. The predicted molar refractivity (Wildman–Crippen MR) is 150 cm³/mol. The van der Waals surface area contributed by atoms with Gasteiger partial charge in [-0.3, -0.25) is 4.79 Å². The number of quaternary nitrogens is 1. The molecule has 2 aromatic heterocycles. The second-order valence-corrected chi connectivity index (χ2v) is 9.10. The first kappa shape index (κ1) is 26.6. The number of aromatic nitrogens is 4. The number of aromatic amines is 1. The summed E-state index contributed by atoms with van der Waals surface area (Å²) in [6.07, 6.45) is 2.09. The first-order valence-corrected chi connectivity index (χ1v) is 12.6. The summed E-state index contributed by atoms with van der Waals surface area (Å²) in [7, 11) is 6.20. The van der Waals surface area contributed by atoms with Crippen LogP contribution in [-0.4, -0.2) is 60.4 Å². The molecule has 5 aromatic rings. The Morgan fingerprint density at radius 1 is 0.950 bits per heavy atom. The minimum atomic E-state index is -0.534. The van der Waals surface area contributed by atoms with Crippen LogP contribution >= 0.6 is 0 Å². The van der Waals surface area contributed by atoms with Gasteiger partial charge in [0.1, 0.15) is 5.75 Å². The molecule has 0 saturated carbocycles. The van der Waals surface area contributed by atoms with Gasteiger partial charge in [-0.25, -0.2) is 4.68 Å². The highest BCUT2D eigenvalue weighted by atomic mass is 16.5. The topological polar surface area (TPSA) is 140 Å². The number of para-hydroxylation sites is 1. The van der Waals surface area contributed by atoms with Crippen LogP contribution < -0.4 is 30.0 Å². The van der Waals surface area contributed by atoms with Crippen molar-refractivity contribution in [3.8, 4) is 39.9 Å². The number of carbonyl (C=O) groups excluding carboxylic acids is 1. The second kappa shape index (κ2) is 11.4. The van der Waals surface area contributed by atoms with Crippen molar-refractivity contribution in [1.29, 1.82) is 0 Å². The van der Waals surface area contributed by atoms with E-state index in [0.29, 0.717) is 46.5 Å². The minimum Gasteiger partial charge on any atom is -0.495 e. The summed E-state index contributed by atoms with van der Waals surface area (Å²) in [4.78, 5) is 16.5. The molecule has 2 heterocycles. The van der Waals surface area contributed by atoms with Crippen LogP contribution in [0.1, 0.15) is 5.69 Å². The SMILES string of the molecule is COc1ccc(-c2cnnn2-c2cc(OC)c(OC)c(OC)c2)cc1NC(=O)C([NH3+])Cc1cc2ccccc2[nH]1. The fourth-order valence-corrected chi connectivity index (χ4v) is 4.61. The zero-order valence-electron chi connectivity index (χ0n) is 22.7. The number of benzene rings is 3. The Kier molecular flexibility index (Phi) is 7.56. The van der Waals surface area contributed by atoms with Gasteiger partial charge in [0.15, 0.2) is 17.5 Å². The van der Waals surface area contributed by atoms with Crippen LogP contribution in [0, 0.1) is 0 Å². The Hall–Kier alpha value is -5.03. The number of hydrogen-bond acceptors (Lipinski definition) is 7. The molecule has 1 atom stereocenters. The van der Waals surface area contributed by atoms with Crippen LogP contribution in [0.3, 0.4) is 0 Å². The molecule has 5 N–H and O–H groups in total. The summed E-state index contributed by atoms with van der Waals surface area (Å²) in [5.41, 5.74) is 8.66. The zero-order valence-corrected chi connectivity index (χ0v) is 22.7. The molecule has 0 saturated heterocycles. The zero-order chi connectivity index (χ0) is 28.2. The lowest BCUT2D eigenvalue weighted by atomic mass is 10.1. The Bertz CT molecular complexity index is 1600. The molecule has 1 unspecified atom stereocenters. The maximum absolute atomic E-state index is 13.2. The number of amides is 1. The quantitative estimate of drug-likeness (QED) is 0.246. The fourth-order valence-electron chi connectivity index (χ4n) is 4.61. The molecule has 0 aliphatic rings. The Morgan fingerprint density at radius 3 is 2.35 bits per heavy atom. The van der Waals surface area contributed by atoms with Crippen LogP contribution in [0.15, 0.2) is 66.9 Å². The van der Waals surface area contributed by atoms with E-state index in [9.17, 15) is 4.79 Å². The van der Waals surface area contributed by atoms with Gasteiger partial charge in [0.2, 0.25) is 5.75 Å². The molecule has 0 aliphatic carbocycles. The molecule has 0 fully saturated rings. The Balaban J connectivity index is 1.42. The number of nitrogens with zero attached hydrogens (tertiary/aromatic N) is 3. The van der Waals surface area contributed by atoms with Gasteiger partial charge in [-0.05, 0) is 35.7 Å². The average molecular weight is 544 g/mol. The lowest BCUT2D eigenvalue weighted by molar-refractivity contribution is -0.402. The standard InChI is InChI=1S/C29H30N6O5/c1-37-25-10-9-18(24-16-31-34-35(24)20-14-26(38-2)28(40-4)27(15-20)39-3)12-23(25)33-29(36)21(30)13-19-11-17-7-5-6-8-22(17)32-19/h5-12,14-16,21,32H,13,30H2,1-4H3,(H,33,36)/p+1. The van der Waals surface area contributed by atoms with Crippen molar-refractivity contribution in [3.63, 3.8) is 0 Å². The maximum Gasteiger partial charge on any atom is 0.283 e. The molecule has 3 aromatic carbocycles. The van der Waals surface area contributed by atoms with Gasteiger partial charge in [0.05, 0.1) is 51.7 Å². The van der Waals surface area contributed by atoms with Crippen LogP contribution in [0.4, 0.5) is 5.69 Å². The maximum atomic E-state index is 13.2. The number of nitrogens with one attached hydrogen (secondary N) is 2. The number of anilines is 1. The highest BCUT2D eigenvalue weighted by molar-refractivity contribution is 5.96. The highest BCUT2D eigenvalue weighted by Crippen LogP contribution is 2.40.